The van der Waals surface area contributed by atoms with E-state index in [-0.39, 0.29) is 17.5 Å². The van der Waals surface area contributed by atoms with E-state index in [9.17, 15) is 13.2 Å². The first kappa shape index (κ1) is 14.6. The minimum absolute atomic E-state index is 0.00789. The fourth-order valence-electron chi connectivity index (χ4n) is 2.45. The summed E-state index contributed by atoms with van der Waals surface area (Å²) in [6.07, 6.45) is 4.65. The third kappa shape index (κ3) is 3.83. The molecule has 1 aromatic carbocycles. The van der Waals surface area contributed by atoms with E-state index < -0.39 is 9.84 Å². The molecular weight excluding hydrogens is 280 g/mol. The van der Waals surface area contributed by atoms with Gasteiger partial charge in [-0.25, -0.2) is 8.42 Å². The number of carbonyl (C=O) groups is 1. The number of thioether (sulfide) groups is 1. The van der Waals surface area contributed by atoms with E-state index in [2.05, 4.69) is 0 Å². The molecule has 2 rings (SSSR count). The molecule has 1 atom stereocenters. The number of Topliss-reactive ketones (excluding diaryl/α,β-unsaturated/α-hetero) is 1. The highest BCUT2D eigenvalue weighted by atomic mass is 32.2. The Labute approximate surface area is 118 Å². The number of benzene rings is 1. The molecule has 1 aromatic rings. The van der Waals surface area contributed by atoms with Gasteiger partial charge in [0.1, 0.15) is 5.78 Å². The molecule has 0 spiro atoms. The van der Waals surface area contributed by atoms with Crippen molar-refractivity contribution in [2.75, 3.05) is 12.0 Å². The maximum absolute atomic E-state index is 12.3. The van der Waals surface area contributed by atoms with Crippen LogP contribution in [0.15, 0.2) is 34.1 Å². The maximum Gasteiger partial charge on any atom is 0.178 e. The van der Waals surface area contributed by atoms with Crippen LogP contribution in [0, 0.1) is 5.92 Å². The Bertz CT molecular complexity index is 547. The zero-order chi connectivity index (χ0) is 13.9. The van der Waals surface area contributed by atoms with Gasteiger partial charge in [0, 0.05) is 17.7 Å². The van der Waals surface area contributed by atoms with Crippen LogP contribution in [0.25, 0.3) is 0 Å². The number of hydrogen-bond donors (Lipinski definition) is 0. The van der Waals surface area contributed by atoms with E-state index in [1.807, 2.05) is 18.4 Å². The van der Waals surface area contributed by atoms with Crippen molar-refractivity contribution in [1.29, 1.82) is 0 Å². The van der Waals surface area contributed by atoms with Gasteiger partial charge in [0.2, 0.25) is 0 Å². The largest absolute Gasteiger partial charge is 0.300 e. The third-order valence-electron chi connectivity index (χ3n) is 3.46. The molecule has 1 fully saturated rings. The molecule has 0 bridgehead atoms. The second-order valence-electron chi connectivity index (χ2n) is 4.96. The molecule has 19 heavy (non-hydrogen) atoms. The van der Waals surface area contributed by atoms with E-state index in [1.54, 1.807) is 23.9 Å². The van der Waals surface area contributed by atoms with Crippen molar-refractivity contribution in [1.82, 2.24) is 0 Å². The third-order valence-corrected chi connectivity index (χ3v) is 6.10. The van der Waals surface area contributed by atoms with Crippen LogP contribution in [0.3, 0.4) is 0 Å². The molecule has 0 unspecified atom stereocenters. The lowest BCUT2D eigenvalue weighted by Gasteiger charge is -2.20. The van der Waals surface area contributed by atoms with E-state index >= 15 is 0 Å². The van der Waals surface area contributed by atoms with Crippen LogP contribution in [0.2, 0.25) is 0 Å². The lowest BCUT2D eigenvalue weighted by atomic mass is 9.90. The minimum Gasteiger partial charge on any atom is -0.300 e. The van der Waals surface area contributed by atoms with Crippen LogP contribution >= 0.6 is 11.8 Å². The average molecular weight is 298 g/mol. The van der Waals surface area contributed by atoms with Crippen molar-refractivity contribution in [3.05, 3.63) is 24.3 Å². The minimum atomic E-state index is -3.27. The van der Waals surface area contributed by atoms with Gasteiger partial charge in [-0.3, -0.25) is 4.79 Å². The van der Waals surface area contributed by atoms with Gasteiger partial charge in [-0.2, -0.15) is 0 Å². The Morgan fingerprint density at radius 2 is 1.95 bits per heavy atom. The molecule has 0 N–H and O–H groups in total. The molecular formula is C14H18O3S2. The zero-order valence-electron chi connectivity index (χ0n) is 11.0. The van der Waals surface area contributed by atoms with Crippen molar-refractivity contribution in [3.63, 3.8) is 0 Å². The van der Waals surface area contributed by atoms with Crippen LogP contribution in [-0.2, 0) is 14.6 Å². The van der Waals surface area contributed by atoms with Crippen LogP contribution in [-0.4, -0.2) is 26.2 Å². The summed E-state index contributed by atoms with van der Waals surface area (Å²) < 4.78 is 24.6. The quantitative estimate of drug-likeness (QED) is 0.802. The Kier molecular flexibility index (Phi) is 4.68. The summed E-state index contributed by atoms with van der Waals surface area (Å²) in [6.45, 7) is 0. The fourth-order valence-corrected chi connectivity index (χ4v) is 4.50. The zero-order valence-corrected chi connectivity index (χ0v) is 12.6. The van der Waals surface area contributed by atoms with Gasteiger partial charge in [-0.05, 0) is 49.3 Å². The molecule has 0 saturated heterocycles. The van der Waals surface area contributed by atoms with Gasteiger partial charge in [0.25, 0.3) is 0 Å². The maximum atomic E-state index is 12.3. The summed E-state index contributed by atoms with van der Waals surface area (Å²) in [4.78, 5) is 12.8. The molecule has 5 heteroatoms. The Hall–Kier alpha value is -0.810. The van der Waals surface area contributed by atoms with Gasteiger partial charge < -0.3 is 0 Å². The van der Waals surface area contributed by atoms with E-state index in [0.717, 1.165) is 17.7 Å². The molecule has 1 aliphatic carbocycles. The topological polar surface area (TPSA) is 51.2 Å². The number of ketones is 1. The monoisotopic (exact) mass is 298 g/mol. The van der Waals surface area contributed by atoms with Crippen LogP contribution in [0.1, 0.15) is 25.7 Å². The van der Waals surface area contributed by atoms with Crippen molar-refractivity contribution in [2.24, 2.45) is 5.92 Å². The lowest BCUT2D eigenvalue weighted by molar-refractivity contribution is -0.121. The molecule has 0 heterocycles. The van der Waals surface area contributed by atoms with Crippen LogP contribution in [0.4, 0.5) is 0 Å². The second-order valence-corrected chi connectivity index (χ2v) is 7.87. The van der Waals surface area contributed by atoms with Crippen LogP contribution < -0.4 is 0 Å². The first-order chi connectivity index (χ1) is 9.01. The number of hydrogen-bond acceptors (Lipinski definition) is 4. The first-order valence-corrected chi connectivity index (χ1v) is 9.27. The summed E-state index contributed by atoms with van der Waals surface area (Å²) in [5.41, 5.74) is 0. The summed E-state index contributed by atoms with van der Waals surface area (Å²) in [6, 6.07) is 6.96. The molecule has 1 aliphatic rings. The predicted molar refractivity (Wildman–Crippen MR) is 77.2 cm³/mol. The van der Waals surface area contributed by atoms with E-state index in [1.165, 1.54) is 0 Å². The van der Waals surface area contributed by atoms with Crippen molar-refractivity contribution < 1.29 is 13.2 Å². The molecule has 0 amide bonds. The normalized spacial score (nSPS) is 20.5. The van der Waals surface area contributed by atoms with Gasteiger partial charge in [0.05, 0.1) is 10.6 Å². The predicted octanol–water partition coefficient (Wildman–Crippen LogP) is 2.94. The van der Waals surface area contributed by atoms with E-state index in [0.29, 0.717) is 17.7 Å². The summed E-state index contributed by atoms with van der Waals surface area (Å²) in [5, 5.41) is 0. The number of rotatable bonds is 4. The van der Waals surface area contributed by atoms with Crippen molar-refractivity contribution in [3.8, 4) is 0 Å². The standard InChI is InChI=1S/C14H18O3S2/c1-18-13-5-7-14(8-6-13)19(16,17)10-11-3-2-4-12(15)9-11/h5-8,11H,2-4,9-10H2,1H3/t11-/m1/s1. The molecule has 0 aromatic heterocycles. The summed E-state index contributed by atoms with van der Waals surface area (Å²) >= 11 is 1.58. The number of sulfone groups is 1. The van der Waals surface area contributed by atoms with Crippen molar-refractivity contribution >= 4 is 27.4 Å². The van der Waals surface area contributed by atoms with Gasteiger partial charge in [0.15, 0.2) is 9.84 Å². The Balaban J connectivity index is 2.10. The van der Waals surface area contributed by atoms with E-state index in [4.69, 9.17) is 0 Å². The Morgan fingerprint density at radius 1 is 1.26 bits per heavy atom. The van der Waals surface area contributed by atoms with Crippen molar-refractivity contribution in [2.45, 2.75) is 35.5 Å². The molecule has 0 radical (unpaired) electrons. The fraction of sp³-hybridized carbons (Fsp3) is 0.500. The highest BCUT2D eigenvalue weighted by molar-refractivity contribution is 7.98. The lowest BCUT2D eigenvalue weighted by Crippen LogP contribution is -2.23. The Morgan fingerprint density at radius 3 is 2.53 bits per heavy atom. The smallest absolute Gasteiger partial charge is 0.178 e. The first-order valence-electron chi connectivity index (χ1n) is 6.40. The molecule has 3 nitrogen and oxygen atoms in total. The van der Waals surface area contributed by atoms with Gasteiger partial charge in [-0.1, -0.05) is 0 Å². The molecule has 0 aliphatic heterocycles. The SMILES string of the molecule is CSc1ccc(S(=O)(=O)C[C@@H]2CCCC(=O)C2)cc1. The average Bonchev–Trinajstić information content (AvgIpc) is 2.38. The highest BCUT2D eigenvalue weighted by Gasteiger charge is 2.26. The number of carbonyl (C=O) groups excluding carboxylic acids is 1. The van der Waals surface area contributed by atoms with Gasteiger partial charge >= 0.3 is 0 Å². The van der Waals surface area contributed by atoms with Gasteiger partial charge in [-0.15, -0.1) is 11.8 Å². The molecule has 1 saturated carbocycles. The second kappa shape index (κ2) is 6.09. The summed E-state index contributed by atoms with van der Waals surface area (Å²) in [7, 11) is -3.27. The van der Waals surface area contributed by atoms with Crippen LogP contribution in [0.5, 0.6) is 0 Å². The molecule has 104 valence electrons. The highest BCUT2D eigenvalue weighted by Crippen LogP contribution is 2.26. The summed E-state index contributed by atoms with van der Waals surface area (Å²) in [5.74, 6) is 0.285.